The van der Waals surface area contributed by atoms with E-state index < -0.39 is 12.0 Å². The Morgan fingerprint density at radius 2 is 1.68 bits per heavy atom. The van der Waals surface area contributed by atoms with Crippen LogP contribution in [0, 0.1) is 6.92 Å². The van der Waals surface area contributed by atoms with E-state index in [9.17, 15) is 9.90 Å². The van der Waals surface area contributed by atoms with E-state index in [0.717, 1.165) is 28.1 Å². The number of carboxylic acids is 1. The summed E-state index contributed by atoms with van der Waals surface area (Å²) in [5, 5.41) is 12.9. The summed E-state index contributed by atoms with van der Waals surface area (Å²) in [6.45, 7) is 3.22. The first-order valence-corrected chi connectivity index (χ1v) is 10.3. The van der Waals surface area contributed by atoms with Crippen LogP contribution in [0.3, 0.4) is 0 Å². The molecular formula is C25H25N3O3. The summed E-state index contributed by atoms with van der Waals surface area (Å²) >= 11 is 0. The average Bonchev–Trinajstić information content (AvgIpc) is 3.44. The summed E-state index contributed by atoms with van der Waals surface area (Å²) < 4.78 is 7.53. The van der Waals surface area contributed by atoms with Gasteiger partial charge in [0.25, 0.3) is 0 Å². The first-order valence-electron chi connectivity index (χ1n) is 10.3. The Bertz CT molecular complexity index is 1120. The number of aryl methyl sites for hydroxylation is 1. The van der Waals surface area contributed by atoms with Gasteiger partial charge in [-0.25, -0.2) is 9.78 Å². The lowest BCUT2D eigenvalue weighted by Crippen LogP contribution is -2.20. The number of oxazole rings is 1. The lowest BCUT2D eigenvalue weighted by molar-refractivity contribution is -0.140. The fourth-order valence-electron chi connectivity index (χ4n) is 3.51. The van der Waals surface area contributed by atoms with Crippen molar-refractivity contribution in [3.05, 3.63) is 102 Å². The normalized spacial score (nSPS) is 12.0. The highest BCUT2D eigenvalue weighted by Crippen LogP contribution is 2.21. The second-order valence-electron chi connectivity index (χ2n) is 7.50. The van der Waals surface area contributed by atoms with Gasteiger partial charge in [-0.3, -0.25) is 0 Å². The van der Waals surface area contributed by atoms with Gasteiger partial charge in [0.1, 0.15) is 11.8 Å². The SMILES string of the molecule is Cc1oc(-c2ccccc2)nc1CNCc1ccc(CC(C(=O)O)n2cccc2)cc1. The fraction of sp³-hybridized carbons (Fsp3) is 0.200. The van der Waals surface area contributed by atoms with Crippen molar-refractivity contribution in [3.63, 3.8) is 0 Å². The van der Waals surface area contributed by atoms with Gasteiger partial charge < -0.3 is 19.4 Å². The van der Waals surface area contributed by atoms with Crippen LogP contribution in [0.15, 0.2) is 83.5 Å². The molecule has 0 saturated heterocycles. The molecule has 0 aliphatic heterocycles. The number of nitrogens with zero attached hydrogens (tertiary/aromatic N) is 2. The van der Waals surface area contributed by atoms with Crippen molar-refractivity contribution in [1.29, 1.82) is 0 Å². The second kappa shape index (κ2) is 9.45. The third-order valence-corrected chi connectivity index (χ3v) is 5.26. The van der Waals surface area contributed by atoms with Crippen molar-refractivity contribution in [1.82, 2.24) is 14.9 Å². The molecule has 0 spiro atoms. The summed E-state index contributed by atoms with van der Waals surface area (Å²) in [6.07, 6.45) is 4.01. The molecule has 2 aromatic carbocycles. The standard InChI is InChI=1S/C25H25N3O3/c1-18-22(27-24(31-18)21-7-3-2-4-8-21)17-26-16-20-11-9-19(10-12-20)15-23(25(29)30)28-13-5-6-14-28/h2-14,23,26H,15-17H2,1H3,(H,29,30). The predicted octanol–water partition coefficient (Wildman–Crippen LogP) is 4.61. The van der Waals surface area contributed by atoms with Crippen molar-refractivity contribution in [2.75, 3.05) is 0 Å². The van der Waals surface area contributed by atoms with Gasteiger partial charge in [0.15, 0.2) is 0 Å². The molecule has 2 heterocycles. The van der Waals surface area contributed by atoms with Crippen molar-refractivity contribution in [2.45, 2.75) is 32.5 Å². The molecule has 0 bridgehead atoms. The molecule has 0 aliphatic carbocycles. The van der Waals surface area contributed by atoms with Gasteiger partial charge in [-0.05, 0) is 42.3 Å². The highest BCUT2D eigenvalue weighted by atomic mass is 16.4. The molecule has 2 N–H and O–H groups in total. The predicted molar refractivity (Wildman–Crippen MR) is 118 cm³/mol. The van der Waals surface area contributed by atoms with Crippen LogP contribution >= 0.6 is 0 Å². The lowest BCUT2D eigenvalue weighted by atomic mass is 10.0. The molecule has 0 fully saturated rings. The Labute approximate surface area is 181 Å². The molecule has 2 aromatic heterocycles. The maximum absolute atomic E-state index is 11.6. The van der Waals surface area contributed by atoms with E-state index in [1.54, 1.807) is 17.0 Å². The van der Waals surface area contributed by atoms with Crippen molar-refractivity contribution >= 4 is 5.97 Å². The minimum absolute atomic E-state index is 0.443. The monoisotopic (exact) mass is 415 g/mol. The number of aromatic nitrogens is 2. The van der Waals surface area contributed by atoms with E-state index in [0.29, 0.717) is 25.4 Å². The summed E-state index contributed by atoms with van der Waals surface area (Å²) in [4.78, 5) is 16.2. The number of rotatable bonds is 9. The van der Waals surface area contributed by atoms with Gasteiger partial charge >= 0.3 is 5.97 Å². The number of aliphatic carboxylic acids is 1. The maximum atomic E-state index is 11.6. The number of hydrogen-bond acceptors (Lipinski definition) is 4. The molecule has 158 valence electrons. The van der Waals surface area contributed by atoms with Crippen LogP contribution in [-0.4, -0.2) is 20.6 Å². The molecule has 1 atom stereocenters. The molecule has 6 heteroatoms. The summed E-state index contributed by atoms with van der Waals surface area (Å²) in [5.41, 5.74) is 3.98. The number of carboxylic acid groups (broad SMARTS) is 1. The first-order chi connectivity index (χ1) is 15.1. The minimum atomic E-state index is -0.834. The molecule has 6 nitrogen and oxygen atoms in total. The van der Waals surface area contributed by atoms with Gasteiger partial charge in [-0.2, -0.15) is 0 Å². The molecule has 0 saturated carbocycles. The van der Waals surface area contributed by atoms with Crippen LogP contribution in [0.1, 0.15) is 28.6 Å². The summed E-state index contributed by atoms with van der Waals surface area (Å²) in [7, 11) is 0. The van der Waals surface area contributed by atoms with Crippen LogP contribution in [0.5, 0.6) is 0 Å². The Kier molecular flexibility index (Phi) is 6.29. The molecule has 4 rings (SSSR count). The lowest BCUT2D eigenvalue weighted by Gasteiger charge is -2.14. The number of benzene rings is 2. The van der Waals surface area contributed by atoms with Crippen LogP contribution in [0.4, 0.5) is 0 Å². The van der Waals surface area contributed by atoms with Crippen LogP contribution in [0.2, 0.25) is 0 Å². The summed E-state index contributed by atoms with van der Waals surface area (Å²) in [6, 6.07) is 21.0. The van der Waals surface area contributed by atoms with Crippen molar-refractivity contribution < 1.29 is 14.3 Å². The average molecular weight is 415 g/mol. The van der Waals surface area contributed by atoms with Gasteiger partial charge in [0, 0.05) is 37.5 Å². The first kappa shape index (κ1) is 20.6. The van der Waals surface area contributed by atoms with E-state index in [2.05, 4.69) is 10.3 Å². The van der Waals surface area contributed by atoms with E-state index in [1.807, 2.05) is 73.7 Å². The zero-order valence-electron chi connectivity index (χ0n) is 17.4. The van der Waals surface area contributed by atoms with Gasteiger partial charge in [0.2, 0.25) is 5.89 Å². The molecule has 1 unspecified atom stereocenters. The summed E-state index contributed by atoms with van der Waals surface area (Å²) in [5.74, 6) is 0.612. The molecular weight excluding hydrogens is 390 g/mol. The molecule has 4 aromatic rings. The van der Waals surface area contributed by atoms with Gasteiger partial charge in [0.05, 0.1) is 5.69 Å². The van der Waals surface area contributed by atoms with Crippen molar-refractivity contribution in [2.24, 2.45) is 0 Å². The van der Waals surface area contributed by atoms with Gasteiger partial charge in [-0.1, -0.05) is 42.5 Å². The topological polar surface area (TPSA) is 80.3 Å². The molecule has 0 aliphatic rings. The number of nitrogens with one attached hydrogen (secondary N) is 1. The highest BCUT2D eigenvalue weighted by molar-refractivity contribution is 5.72. The van der Waals surface area contributed by atoms with E-state index >= 15 is 0 Å². The maximum Gasteiger partial charge on any atom is 0.327 e. The quantitative estimate of drug-likeness (QED) is 0.417. The number of carbonyl (C=O) groups is 1. The Hall–Kier alpha value is -3.64. The third kappa shape index (κ3) is 5.10. The highest BCUT2D eigenvalue weighted by Gasteiger charge is 2.19. The van der Waals surface area contributed by atoms with E-state index in [-0.39, 0.29) is 0 Å². The Morgan fingerprint density at radius 3 is 2.35 bits per heavy atom. The molecule has 0 radical (unpaired) electrons. The minimum Gasteiger partial charge on any atom is -0.480 e. The fourth-order valence-corrected chi connectivity index (χ4v) is 3.51. The Balaban J connectivity index is 1.33. The van der Waals surface area contributed by atoms with Crippen LogP contribution < -0.4 is 5.32 Å². The van der Waals surface area contributed by atoms with E-state index in [1.165, 1.54) is 0 Å². The largest absolute Gasteiger partial charge is 0.480 e. The molecule has 0 amide bonds. The number of hydrogen-bond donors (Lipinski definition) is 2. The smallest absolute Gasteiger partial charge is 0.327 e. The second-order valence-corrected chi connectivity index (χ2v) is 7.50. The van der Waals surface area contributed by atoms with Crippen LogP contribution in [-0.2, 0) is 24.3 Å². The molecule has 31 heavy (non-hydrogen) atoms. The Morgan fingerprint density at radius 1 is 1.00 bits per heavy atom. The zero-order valence-corrected chi connectivity index (χ0v) is 17.4. The van der Waals surface area contributed by atoms with E-state index in [4.69, 9.17) is 4.42 Å². The van der Waals surface area contributed by atoms with Crippen LogP contribution in [0.25, 0.3) is 11.5 Å². The van der Waals surface area contributed by atoms with Gasteiger partial charge in [-0.15, -0.1) is 0 Å². The third-order valence-electron chi connectivity index (χ3n) is 5.26. The zero-order chi connectivity index (χ0) is 21.6. The van der Waals surface area contributed by atoms with Crippen molar-refractivity contribution in [3.8, 4) is 11.5 Å².